The van der Waals surface area contributed by atoms with Crippen LogP contribution in [0, 0.1) is 17.8 Å². The van der Waals surface area contributed by atoms with Crippen molar-refractivity contribution in [2.75, 3.05) is 46.0 Å². The molecule has 4 heterocycles. The van der Waals surface area contributed by atoms with Crippen LogP contribution in [0.2, 0.25) is 0 Å². The van der Waals surface area contributed by atoms with E-state index in [1.165, 1.54) is 5.56 Å². The van der Waals surface area contributed by atoms with Crippen molar-refractivity contribution in [3.05, 3.63) is 70.8 Å². The molecule has 0 radical (unpaired) electrons. The van der Waals surface area contributed by atoms with Crippen LogP contribution in [0.15, 0.2) is 48.5 Å². The van der Waals surface area contributed by atoms with Gasteiger partial charge in [-0.3, -0.25) is 24.6 Å². The third-order valence-corrected chi connectivity index (χ3v) is 9.53. The van der Waals surface area contributed by atoms with Crippen LogP contribution in [0.3, 0.4) is 0 Å². The highest BCUT2D eigenvalue weighted by molar-refractivity contribution is 5.94. The molecular formula is C35H41N5O5. The van der Waals surface area contributed by atoms with Crippen molar-refractivity contribution in [2.45, 2.75) is 62.5 Å². The highest BCUT2D eigenvalue weighted by atomic mass is 16.5. The minimum atomic E-state index is -0.339. The molecule has 5 atom stereocenters. The van der Waals surface area contributed by atoms with Gasteiger partial charge in [-0.1, -0.05) is 24.0 Å². The molecule has 1 saturated carbocycles. The lowest BCUT2D eigenvalue weighted by molar-refractivity contribution is -0.133. The van der Waals surface area contributed by atoms with Crippen LogP contribution in [-0.4, -0.2) is 104 Å². The Labute approximate surface area is 264 Å². The molecule has 2 unspecified atom stereocenters. The normalized spacial score (nSPS) is 27.6. The molecule has 0 spiro atoms. The fourth-order valence-electron chi connectivity index (χ4n) is 6.82. The van der Waals surface area contributed by atoms with Crippen molar-refractivity contribution in [3.8, 4) is 11.8 Å². The van der Waals surface area contributed by atoms with E-state index in [0.717, 1.165) is 63.2 Å². The van der Waals surface area contributed by atoms with Crippen LogP contribution in [0.5, 0.6) is 0 Å². The zero-order valence-corrected chi connectivity index (χ0v) is 25.5. The van der Waals surface area contributed by atoms with Crippen LogP contribution in [-0.2, 0) is 25.6 Å². The Balaban J connectivity index is 0.912. The summed E-state index contributed by atoms with van der Waals surface area (Å²) >= 11 is 0. The molecule has 3 N–H and O–H groups in total. The van der Waals surface area contributed by atoms with Crippen molar-refractivity contribution in [2.24, 2.45) is 5.92 Å². The molecule has 0 aromatic heterocycles. The first-order valence-electron chi connectivity index (χ1n) is 16.3. The summed E-state index contributed by atoms with van der Waals surface area (Å²) < 4.78 is 11.1. The van der Waals surface area contributed by atoms with E-state index in [1.807, 2.05) is 29.2 Å². The molecule has 7 rings (SSSR count). The van der Waals surface area contributed by atoms with Crippen molar-refractivity contribution < 1.29 is 23.9 Å². The minimum absolute atomic E-state index is 0.0694. The molecule has 3 amide bonds. The maximum absolute atomic E-state index is 13.1. The molecule has 4 aliphatic heterocycles. The van der Waals surface area contributed by atoms with E-state index >= 15 is 0 Å². The van der Waals surface area contributed by atoms with E-state index in [-0.39, 0.29) is 53.9 Å². The van der Waals surface area contributed by atoms with Gasteiger partial charge in [0.15, 0.2) is 0 Å². The number of likely N-dealkylation sites (tertiary alicyclic amines) is 1. The maximum atomic E-state index is 13.1. The third-order valence-electron chi connectivity index (χ3n) is 9.53. The van der Waals surface area contributed by atoms with Gasteiger partial charge in [0.25, 0.3) is 5.91 Å². The highest BCUT2D eigenvalue weighted by Gasteiger charge is 2.46. The topological polar surface area (TPSA) is 112 Å². The molecule has 5 fully saturated rings. The van der Waals surface area contributed by atoms with Gasteiger partial charge in [0.1, 0.15) is 6.04 Å². The van der Waals surface area contributed by atoms with Crippen molar-refractivity contribution in [3.63, 3.8) is 0 Å². The number of ether oxygens (including phenoxy) is 2. The Bertz CT molecular complexity index is 1460. The van der Waals surface area contributed by atoms with Gasteiger partial charge in [-0.2, -0.15) is 0 Å². The molecule has 5 aliphatic rings. The lowest BCUT2D eigenvalue weighted by Gasteiger charge is -2.26. The zero-order valence-electron chi connectivity index (χ0n) is 25.5. The lowest BCUT2D eigenvalue weighted by atomic mass is 10.1. The number of morpholine rings is 2. The number of nitrogens with zero attached hydrogens (tertiary/aromatic N) is 2. The molecule has 10 heteroatoms. The quantitative estimate of drug-likeness (QED) is 0.386. The number of hydrogen-bond donors (Lipinski definition) is 3. The molecule has 2 bridgehead atoms. The number of carbonyl (C=O) groups excluding carboxylic acids is 3. The summed E-state index contributed by atoms with van der Waals surface area (Å²) in [6.45, 7) is 5.89. The van der Waals surface area contributed by atoms with Gasteiger partial charge in [-0.25, -0.2) is 0 Å². The minimum Gasteiger partial charge on any atom is -0.379 e. The number of benzene rings is 2. The summed E-state index contributed by atoms with van der Waals surface area (Å²) in [7, 11) is 0. The fourth-order valence-corrected chi connectivity index (χ4v) is 6.82. The van der Waals surface area contributed by atoms with Crippen LogP contribution in [0.1, 0.15) is 52.7 Å². The lowest BCUT2D eigenvalue weighted by Crippen LogP contribution is -2.53. The van der Waals surface area contributed by atoms with E-state index < -0.39 is 0 Å². The van der Waals surface area contributed by atoms with Crippen LogP contribution < -0.4 is 16.0 Å². The number of nitrogens with one attached hydrogen (secondary N) is 3. The largest absolute Gasteiger partial charge is 0.379 e. The summed E-state index contributed by atoms with van der Waals surface area (Å²) in [4.78, 5) is 43.3. The van der Waals surface area contributed by atoms with Gasteiger partial charge < -0.3 is 25.0 Å². The molecule has 4 saturated heterocycles. The number of fused-ring (bicyclic) bond motifs is 2. The van der Waals surface area contributed by atoms with Gasteiger partial charge in [0.2, 0.25) is 11.8 Å². The predicted molar refractivity (Wildman–Crippen MR) is 167 cm³/mol. The Kier molecular flexibility index (Phi) is 8.85. The van der Waals surface area contributed by atoms with Crippen LogP contribution >= 0.6 is 0 Å². The first kappa shape index (κ1) is 29.9. The SMILES string of the molecule is O=C(NC[C@H]1C[C@@H](NC(=O)[C@H]2NC3COC2C3)CN1C(=O)C1CC1)c1ccc(C#Cc2ccc(CN3CCOCC3)cc2)cc1. The summed E-state index contributed by atoms with van der Waals surface area (Å²) in [5.41, 5.74) is 3.58. The number of hydrogen-bond acceptors (Lipinski definition) is 7. The second-order valence-corrected chi connectivity index (χ2v) is 12.9. The van der Waals surface area contributed by atoms with Gasteiger partial charge in [-0.05, 0) is 67.6 Å². The average Bonchev–Trinajstić information content (AvgIpc) is 3.49. The predicted octanol–water partition coefficient (Wildman–Crippen LogP) is 1.27. The Morgan fingerprint density at radius 2 is 1.64 bits per heavy atom. The summed E-state index contributed by atoms with van der Waals surface area (Å²) in [6.07, 6.45) is 3.21. The smallest absolute Gasteiger partial charge is 0.251 e. The summed E-state index contributed by atoms with van der Waals surface area (Å²) in [6, 6.07) is 15.2. The summed E-state index contributed by atoms with van der Waals surface area (Å²) in [5.74, 6) is 6.33. The Hall–Kier alpha value is -3.75. The molecule has 45 heavy (non-hydrogen) atoms. The second-order valence-electron chi connectivity index (χ2n) is 12.9. The van der Waals surface area contributed by atoms with Gasteiger partial charge in [-0.15, -0.1) is 0 Å². The first-order valence-corrected chi connectivity index (χ1v) is 16.3. The highest BCUT2D eigenvalue weighted by Crippen LogP contribution is 2.34. The number of carbonyl (C=O) groups is 3. The van der Waals surface area contributed by atoms with Crippen molar-refractivity contribution in [1.82, 2.24) is 25.8 Å². The Morgan fingerprint density at radius 3 is 2.29 bits per heavy atom. The van der Waals surface area contributed by atoms with E-state index in [4.69, 9.17) is 9.47 Å². The van der Waals surface area contributed by atoms with Gasteiger partial charge >= 0.3 is 0 Å². The zero-order chi connectivity index (χ0) is 30.8. The maximum Gasteiger partial charge on any atom is 0.251 e. The van der Waals surface area contributed by atoms with E-state index in [1.54, 1.807) is 12.1 Å². The van der Waals surface area contributed by atoms with Gasteiger partial charge in [0, 0.05) is 67.4 Å². The fraction of sp³-hybridized carbons (Fsp3) is 0.514. The molecule has 236 valence electrons. The average molecular weight is 612 g/mol. The second kappa shape index (κ2) is 13.3. The van der Waals surface area contributed by atoms with E-state index in [9.17, 15) is 14.4 Å². The third kappa shape index (κ3) is 7.23. The van der Waals surface area contributed by atoms with Crippen LogP contribution in [0.25, 0.3) is 0 Å². The molecule has 1 aliphatic carbocycles. The number of amides is 3. The van der Waals surface area contributed by atoms with Crippen molar-refractivity contribution >= 4 is 17.7 Å². The van der Waals surface area contributed by atoms with Crippen LogP contribution in [0.4, 0.5) is 0 Å². The molecule has 10 nitrogen and oxygen atoms in total. The van der Waals surface area contributed by atoms with E-state index in [0.29, 0.717) is 31.7 Å². The van der Waals surface area contributed by atoms with Crippen molar-refractivity contribution in [1.29, 1.82) is 0 Å². The standard InChI is InChI=1S/C35H41N5O5/c41-33(26-9-7-24(8-10-26)2-1-23-3-5-25(6-4-23)20-39-13-15-44-16-14-39)36-19-30-17-28(21-40(30)35(43)27-11-12-27)38-34(42)32-31-18-29(37-32)22-45-31/h3-10,27-32,37H,11-22H2,(H,36,41)(H,38,42)/t28-,29?,30-,31?,32+/m1/s1. The summed E-state index contributed by atoms with van der Waals surface area (Å²) in [5, 5.41) is 9.51. The number of rotatable bonds is 8. The monoisotopic (exact) mass is 611 g/mol. The Morgan fingerprint density at radius 1 is 0.933 bits per heavy atom. The molecular weight excluding hydrogens is 570 g/mol. The van der Waals surface area contributed by atoms with Gasteiger partial charge in [0.05, 0.1) is 32.0 Å². The van der Waals surface area contributed by atoms with E-state index in [2.05, 4.69) is 44.8 Å². The molecule has 2 aromatic rings. The first-order chi connectivity index (χ1) is 22.0. The molecule has 2 aromatic carbocycles.